The maximum absolute atomic E-state index is 5.47. The molecule has 3 nitrogen and oxygen atoms in total. The number of aromatic nitrogens is 1. The van der Waals surface area contributed by atoms with E-state index in [1.165, 1.54) is 11.3 Å². The highest BCUT2D eigenvalue weighted by Gasteiger charge is 2.18. The summed E-state index contributed by atoms with van der Waals surface area (Å²) in [5.74, 6) is 0. The molecule has 1 aliphatic heterocycles. The van der Waals surface area contributed by atoms with E-state index in [4.69, 9.17) is 5.73 Å². The molecule has 0 spiro atoms. The number of hydrogen-bond donors (Lipinski definition) is 1. The van der Waals surface area contributed by atoms with E-state index in [-0.39, 0.29) is 0 Å². The van der Waals surface area contributed by atoms with Crippen LogP contribution in [0.5, 0.6) is 0 Å². The smallest absolute Gasteiger partial charge is 0.0589 e. The molecule has 2 rings (SSSR count). The average Bonchev–Trinajstić information content (AvgIpc) is 2.57. The van der Waals surface area contributed by atoms with Gasteiger partial charge in [-0.1, -0.05) is 6.07 Å². The van der Waals surface area contributed by atoms with E-state index in [9.17, 15) is 0 Å². The van der Waals surface area contributed by atoms with E-state index in [0.29, 0.717) is 0 Å². The Bertz CT molecular complexity index is 260. The van der Waals surface area contributed by atoms with Crippen LogP contribution >= 0.6 is 0 Å². The third kappa shape index (κ3) is 1.87. The minimum atomic E-state index is 0.778. The van der Waals surface area contributed by atoms with E-state index >= 15 is 0 Å². The second kappa shape index (κ2) is 3.85. The van der Waals surface area contributed by atoms with E-state index < -0.39 is 0 Å². The molecule has 0 atom stereocenters. The Balaban J connectivity index is 1.97. The lowest BCUT2D eigenvalue weighted by Crippen LogP contribution is -2.20. The molecule has 2 N–H and O–H groups in total. The Morgan fingerprint density at radius 1 is 1.46 bits per heavy atom. The molecular formula is C10H15N3. The van der Waals surface area contributed by atoms with Gasteiger partial charge in [0.15, 0.2) is 0 Å². The van der Waals surface area contributed by atoms with Crippen molar-refractivity contribution in [3.8, 4) is 0 Å². The van der Waals surface area contributed by atoms with Gasteiger partial charge in [-0.3, -0.25) is 9.88 Å². The first kappa shape index (κ1) is 8.66. The Labute approximate surface area is 78.6 Å². The fourth-order valence-electron chi connectivity index (χ4n) is 1.74. The normalized spacial score (nSPS) is 16.1. The van der Waals surface area contributed by atoms with Gasteiger partial charge in [0.25, 0.3) is 0 Å². The highest BCUT2D eigenvalue weighted by atomic mass is 15.1. The summed E-state index contributed by atoms with van der Waals surface area (Å²) in [7, 11) is 0. The van der Waals surface area contributed by atoms with Crippen LogP contribution in [0.1, 0.15) is 17.7 Å². The molecule has 0 radical (unpaired) electrons. The van der Waals surface area contributed by atoms with Crippen molar-refractivity contribution in [3.05, 3.63) is 29.6 Å². The van der Waals surface area contributed by atoms with Crippen molar-refractivity contribution in [1.82, 2.24) is 9.88 Å². The summed E-state index contributed by atoms with van der Waals surface area (Å²) in [4.78, 5) is 6.74. The zero-order valence-corrected chi connectivity index (χ0v) is 7.74. The molecule has 0 saturated heterocycles. The van der Waals surface area contributed by atoms with Crippen molar-refractivity contribution in [3.63, 3.8) is 0 Å². The van der Waals surface area contributed by atoms with Crippen LogP contribution in [0.15, 0.2) is 18.3 Å². The lowest BCUT2D eigenvalue weighted by atomic mass is 10.2. The lowest BCUT2D eigenvalue weighted by Gasteiger charge is -2.12. The monoisotopic (exact) mass is 177 g/mol. The number of nitrogens with zero attached hydrogens (tertiary/aromatic N) is 2. The van der Waals surface area contributed by atoms with Crippen LogP contribution < -0.4 is 5.73 Å². The first-order valence-corrected chi connectivity index (χ1v) is 4.75. The van der Waals surface area contributed by atoms with Crippen LogP contribution in [0, 0.1) is 0 Å². The highest BCUT2D eigenvalue weighted by molar-refractivity contribution is 5.23. The number of rotatable bonds is 3. The van der Waals surface area contributed by atoms with Gasteiger partial charge in [0.1, 0.15) is 0 Å². The maximum atomic E-state index is 5.47. The molecule has 1 aliphatic rings. The third-order valence-electron chi connectivity index (χ3n) is 2.43. The van der Waals surface area contributed by atoms with Crippen molar-refractivity contribution >= 4 is 0 Å². The van der Waals surface area contributed by atoms with Gasteiger partial charge >= 0.3 is 0 Å². The summed E-state index contributed by atoms with van der Waals surface area (Å²) in [6, 6.07) is 4.16. The molecule has 0 fully saturated rings. The second-order valence-electron chi connectivity index (χ2n) is 3.46. The van der Waals surface area contributed by atoms with Gasteiger partial charge in [0, 0.05) is 25.8 Å². The van der Waals surface area contributed by atoms with Gasteiger partial charge in [-0.05, 0) is 24.6 Å². The number of fused-ring (bicyclic) bond motifs is 1. The third-order valence-corrected chi connectivity index (χ3v) is 2.43. The maximum Gasteiger partial charge on any atom is 0.0589 e. The largest absolute Gasteiger partial charge is 0.330 e. The van der Waals surface area contributed by atoms with E-state index in [2.05, 4.69) is 16.0 Å². The van der Waals surface area contributed by atoms with Gasteiger partial charge in [-0.25, -0.2) is 0 Å². The first-order valence-electron chi connectivity index (χ1n) is 4.75. The summed E-state index contributed by atoms with van der Waals surface area (Å²) >= 11 is 0. The summed E-state index contributed by atoms with van der Waals surface area (Å²) < 4.78 is 0. The van der Waals surface area contributed by atoms with E-state index in [0.717, 1.165) is 32.6 Å². The molecule has 0 amide bonds. The molecule has 0 aromatic carbocycles. The molecular weight excluding hydrogens is 162 g/mol. The predicted molar refractivity (Wildman–Crippen MR) is 52.0 cm³/mol. The molecule has 3 heteroatoms. The van der Waals surface area contributed by atoms with Gasteiger partial charge in [0.05, 0.1) is 5.69 Å². The fourth-order valence-corrected chi connectivity index (χ4v) is 1.74. The predicted octanol–water partition coefficient (Wildman–Crippen LogP) is 0.746. The second-order valence-corrected chi connectivity index (χ2v) is 3.46. The van der Waals surface area contributed by atoms with Crippen LogP contribution in [0.3, 0.4) is 0 Å². The minimum absolute atomic E-state index is 0.778. The number of nitrogens with two attached hydrogens (primary N) is 1. The molecule has 1 aromatic heterocycles. The summed E-state index contributed by atoms with van der Waals surface area (Å²) in [5, 5.41) is 0. The zero-order chi connectivity index (χ0) is 9.10. The van der Waals surface area contributed by atoms with Crippen LogP contribution in [-0.2, 0) is 13.1 Å². The summed E-state index contributed by atoms with van der Waals surface area (Å²) in [5.41, 5.74) is 8.08. The average molecular weight is 177 g/mol. The summed E-state index contributed by atoms with van der Waals surface area (Å²) in [6.07, 6.45) is 2.94. The van der Waals surface area contributed by atoms with Crippen molar-refractivity contribution in [1.29, 1.82) is 0 Å². The Hall–Kier alpha value is -0.930. The fraction of sp³-hybridized carbons (Fsp3) is 0.500. The molecule has 1 aromatic rings. The Kier molecular flexibility index (Phi) is 2.57. The van der Waals surface area contributed by atoms with Crippen molar-refractivity contribution in [2.45, 2.75) is 19.5 Å². The quantitative estimate of drug-likeness (QED) is 0.740. The van der Waals surface area contributed by atoms with Gasteiger partial charge < -0.3 is 5.73 Å². The number of hydrogen-bond acceptors (Lipinski definition) is 3. The minimum Gasteiger partial charge on any atom is -0.330 e. The lowest BCUT2D eigenvalue weighted by molar-refractivity contribution is 0.280. The molecule has 0 unspecified atom stereocenters. The van der Waals surface area contributed by atoms with E-state index in [1.54, 1.807) is 0 Å². The summed E-state index contributed by atoms with van der Waals surface area (Å²) in [6.45, 7) is 3.91. The Morgan fingerprint density at radius 2 is 2.38 bits per heavy atom. The first-order chi connectivity index (χ1) is 6.40. The van der Waals surface area contributed by atoms with Crippen LogP contribution in [0.4, 0.5) is 0 Å². The standard InChI is InChI=1S/C10H15N3/c11-4-2-6-13-7-9-3-1-5-12-10(9)8-13/h1,3,5H,2,4,6-8,11H2. The topological polar surface area (TPSA) is 42.1 Å². The van der Waals surface area contributed by atoms with Crippen LogP contribution in [0.25, 0.3) is 0 Å². The Morgan fingerprint density at radius 3 is 3.15 bits per heavy atom. The van der Waals surface area contributed by atoms with Crippen molar-refractivity contribution in [2.24, 2.45) is 5.73 Å². The van der Waals surface area contributed by atoms with Crippen LogP contribution in [-0.4, -0.2) is 23.0 Å². The molecule has 70 valence electrons. The molecule has 13 heavy (non-hydrogen) atoms. The van der Waals surface area contributed by atoms with Crippen molar-refractivity contribution in [2.75, 3.05) is 13.1 Å². The van der Waals surface area contributed by atoms with E-state index in [1.807, 2.05) is 12.3 Å². The van der Waals surface area contributed by atoms with Crippen molar-refractivity contribution < 1.29 is 0 Å². The molecule has 0 aliphatic carbocycles. The SMILES string of the molecule is NCCCN1Cc2cccnc2C1. The highest BCUT2D eigenvalue weighted by Crippen LogP contribution is 2.19. The van der Waals surface area contributed by atoms with Gasteiger partial charge in [-0.15, -0.1) is 0 Å². The van der Waals surface area contributed by atoms with Gasteiger partial charge in [-0.2, -0.15) is 0 Å². The number of pyridine rings is 1. The molecule has 0 saturated carbocycles. The molecule has 0 bridgehead atoms. The van der Waals surface area contributed by atoms with Crippen LogP contribution in [0.2, 0.25) is 0 Å². The molecule has 2 heterocycles. The zero-order valence-electron chi connectivity index (χ0n) is 7.74. The van der Waals surface area contributed by atoms with Gasteiger partial charge in [0.2, 0.25) is 0 Å².